The first-order chi connectivity index (χ1) is 17.7. The lowest BCUT2D eigenvalue weighted by atomic mass is 10.0. The molecule has 0 bridgehead atoms. The molecule has 1 aromatic rings. The van der Waals surface area contributed by atoms with Crippen LogP contribution in [-0.2, 0) is 16.0 Å². The second kappa shape index (κ2) is 24.2. The molecule has 36 heavy (non-hydrogen) atoms. The Morgan fingerprint density at radius 2 is 1.08 bits per heavy atom. The first kappa shape index (κ1) is 32.8. The van der Waals surface area contributed by atoms with Crippen LogP contribution >= 0.6 is 0 Å². The van der Waals surface area contributed by atoms with E-state index in [1.807, 2.05) is 12.1 Å². The zero-order valence-corrected chi connectivity index (χ0v) is 22.9. The molecule has 0 fully saturated rings. The Bertz CT molecular complexity index is 579. The number of aliphatic hydroxyl groups excluding tert-OH is 3. The Morgan fingerprint density at radius 3 is 1.58 bits per heavy atom. The molecule has 0 aliphatic carbocycles. The van der Waals surface area contributed by atoms with Gasteiger partial charge in [-0.1, -0.05) is 115 Å². The zero-order chi connectivity index (χ0) is 26.1. The minimum absolute atomic E-state index is 0.00132. The summed E-state index contributed by atoms with van der Waals surface area (Å²) in [6, 6.07) is 7.87. The summed E-state index contributed by atoms with van der Waals surface area (Å²) in [6.07, 6.45) is 21.4. The number of rotatable bonds is 26. The van der Waals surface area contributed by atoms with Gasteiger partial charge in [-0.15, -0.1) is 0 Å². The molecule has 0 aliphatic heterocycles. The fraction of sp³-hybridized carbons (Fsp3) is 0.800. The maximum absolute atomic E-state index is 9.75. The predicted octanol–water partition coefficient (Wildman–Crippen LogP) is 6.53. The Hall–Kier alpha value is -1.18. The average molecular weight is 511 g/mol. The molecule has 0 spiro atoms. The summed E-state index contributed by atoms with van der Waals surface area (Å²) in [4.78, 5) is 10.3. The fourth-order valence-corrected chi connectivity index (χ4v) is 4.21. The Morgan fingerprint density at radius 1 is 0.611 bits per heavy atom. The SMILES string of the molecule is CCCCCCCCCCCCCCCCCCc1ccc(OOCC(O)COCC(O)CO)cc1. The highest BCUT2D eigenvalue weighted by Crippen LogP contribution is 2.17. The predicted molar refractivity (Wildman–Crippen MR) is 146 cm³/mol. The standard InChI is InChI=1S/C30H54O6/c1-2-3-4-5-6-7-8-9-10-11-12-13-14-15-16-17-18-27-19-21-30(22-20-27)36-35-26-29(33)25-34-24-28(32)23-31/h19-22,28-29,31-33H,2-18,23-26H2,1H3. The summed E-state index contributed by atoms with van der Waals surface area (Å²) in [7, 11) is 0. The third kappa shape index (κ3) is 19.9. The Kier molecular flexibility index (Phi) is 22.1. The van der Waals surface area contributed by atoms with E-state index in [1.54, 1.807) is 0 Å². The average Bonchev–Trinajstić information content (AvgIpc) is 2.89. The van der Waals surface area contributed by atoms with Crippen molar-refractivity contribution >= 4 is 0 Å². The van der Waals surface area contributed by atoms with Gasteiger partial charge >= 0.3 is 0 Å². The first-order valence-corrected chi connectivity index (χ1v) is 14.6. The summed E-state index contributed by atoms with van der Waals surface area (Å²) in [5.41, 5.74) is 1.29. The molecule has 0 aromatic heterocycles. The van der Waals surface area contributed by atoms with E-state index in [9.17, 15) is 10.2 Å². The largest absolute Gasteiger partial charge is 0.394 e. The van der Waals surface area contributed by atoms with Crippen molar-refractivity contribution < 1.29 is 29.8 Å². The monoisotopic (exact) mass is 510 g/mol. The van der Waals surface area contributed by atoms with Gasteiger partial charge in [0.15, 0.2) is 5.75 Å². The van der Waals surface area contributed by atoms with Crippen molar-refractivity contribution in [2.45, 2.75) is 128 Å². The number of benzene rings is 1. The van der Waals surface area contributed by atoms with Gasteiger partial charge in [0.25, 0.3) is 0 Å². The van der Waals surface area contributed by atoms with E-state index in [0.29, 0.717) is 5.75 Å². The van der Waals surface area contributed by atoms with Crippen molar-refractivity contribution in [3.8, 4) is 5.75 Å². The molecule has 210 valence electrons. The van der Waals surface area contributed by atoms with Gasteiger partial charge < -0.3 is 24.9 Å². The van der Waals surface area contributed by atoms with Crippen LogP contribution in [0.5, 0.6) is 5.75 Å². The summed E-state index contributed by atoms with van der Waals surface area (Å²) in [5.74, 6) is 0.592. The summed E-state index contributed by atoms with van der Waals surface area (Å²) >= 11 is 0. The first-order valence-electron chi connectivity index (χ1n) is 14.6. The molecule has 0 saturated carbocycles. The third-order valence-corrected chi connectivity index (χ3v) is 6.49. The van der Waals surface area contributed by atoms with E-state index in [1.165, 1.54) is 108 Å². The van der Waals surface area contributed by atoms with Crippen LogP contribution in [0.3, 0.4) is 0 Å². The van der Waals surface area contributed by atoms with Crippen LogP contribution in [0, 0.1) is 0 Å². The molecule has 6 heteroatoms. The van der Waals surface area contributed by atoms with Crippen molar-refractivity contribution in [1.82, 2.24) is 0 Å². The zero-order valence-electron chi connectivity index (χ0n) is 22.9. The van der Waals surface area contributed by atoms with Crippen molar-refractivity contribution in [3.63, 3.8) is 0 Å². The van der Waals surface area contributed by atoms with Crippen molar-refractivity contribution in [2.24, 2.45) is 0 Å². The van der Waals surface area contributed by atoms with Gasteiger partial charge in [0.05, 0.1) is 19.8 Å². The van der Waals surface area contributed by atoms with Crippen LogP contribution in [0.1, 0.15) is 115 Å². The van der Waals surface area contributed by atoms with Gasteiger partial charge in [-0.05, 0) is 30.5 Å². The van der Waals surface area contributed by atoms with E-state index >= 15 is 0 Å². The van der Waals surface area contributed by atoms with Crippen LogP contribution < -0.4 is 4.89 Å². The van der Waals surface area contributed by atoms with Crippen LogP contribution in [0.15, 0.2) is 24.3 Å². The van der Waals surface area contributed by atoms with E-state index in [0.717, 1.165) is 6.42 Å². The highest BCUT2D eigenvalue weighted by Gasteiger charge is 2.08. The second-order valence-electron chi connectivity index (χ2n) is 10.1. The molecule has 1 rings (SSSR count). The fourth-order valence-electron chi connectivity index (χ4n) is 4.21. The molecule has 0 amide bonds. The molecule has 0 heterocycles. The van der Waals surface area contributed by atoms with Crippen LogP contribution in [0.25, 0.3) is 0 Å². The van der Waals surface area contributed by atoms with Crippen LogP contribution in [0.2, 0.25) is 0 Å². The molecule has 6 nitrogen and oxygen atoms in total. The smallest absolute Gasteiger partial charge is 0.165 e. The molecular weight excluding hydrogens is 456 g/mol. The molecule has 3 N–H and O–H groups in total. The minimum atomic E-state index is -0.938. The molecule has 0 aliphatic rings. The normalized spacial score (nSPS) is 13.1. The number of hydrogen-bond donors (Lipinski definition) is 3. The Balaban J connectivity index is 1.90. The van der Waals surface area contributed by atoms with Gasteiger partial charge in [0.1, 0.15) is 18.8 Å². The van der Waals surface area contributed by atoms with Crippen molar-refractivity contribution in [3.05, 3.63) is 29.8 Å². The Labute approximate surface area is 220 Å². The van der Waals surface area contributed by atoms with Crippen molar-refractivity contribution in [1.29, 1.82) is 0 Å². The maximum Gasteiger partial charge on any atom is 0.165 e. The third-order valence-electron chi connectivity index (χ3n) is 6.49. The maximum atomic E-state index is 9.75. The van der Waals surface area contributed by atoms with Crippen molar-refractivity contribution in [2.75, 3.05) is 26.4 Å². The molecule has 0 radical (unpaired) electrons. The summed E-state index contributed by atoms with van der Waals surface area (Å²) in [5, 5.41) is 27.6. The quantitative estimate of drug-likeness (QED) is 0.0746. The molecule has 1 aromatic carbocycles. The molecule has 2 atom stereocenters. The van der Waals surface area contributed by atoms with Gasteiger partial charge in [0.2, 0.25) is 0 Å². The van der Waals surface area contributed by atoms with Gasteiger partial charge in [0, 0.05) is 0 Å². The topological polar surface area (TPSA) is 88.4 Å². The van der Waals surface area contributed by atoms with E-state index in [4.69, 9.17) is 19.6 Å². The second-order valence-corrected chi connectivity index (χ2v) is 10.1. The number of hydrogen-bond acceptors (Lipinski definition) is 6. The lowest BCUT2D eigenvalue weighted by molar-refractivity contribution is -0.227. The summed E-state index contributed by atoms with van der Waals surface area (Å²) in [6.45, 7) is 1.83. The van der Waals surface area contributed by atoms with Gasteiger partial charge in [-0.3, -0.25) is 0 Å². The highest BCUT2D eigenvalue weighted by atomic mass is 17.2. The number of unbranched alkanes of at least 4 members (excludes halogenated alkanes) is 15. The lowest BCUT2D eigenvalue weighted by Gasteiger charge is -2.13. The lowest BCUT2D eigenvalue weighted by Crippen LogP contribution is -2.26. The van der Waals surface area contributed by atoms with E-state index in [2.05, 4.69) is 19.1 Å². The minimum Gasteiger partial charge on any atom is -0.394 e. The number of ether oxygens (including phenoxy) is 1. The number of aryl methyl sites for hydroxylation is 1. The van der Waals surface area contributed by atoms with Crippen LogP contribution in [-0.4, -0.2) is 54.0 Å². The molecule has 2 unspecified atom stereocenters. The van der Waals surface area contributed by atoms with Crippen LogP contribution in [0.4, 0.5) is 0 Å². The summed E-state index contributed by atoms with van der Waals surface area (Å²) < 4.78 is 5.08. The number of aliphatic hydroxyl groups is 3. The van der Waals surface area contributed by atoms with Gasteiger partial charge in [-0.25, -0.2) is 0 Å². The molecule has 0 saturated heterocycles. The highest BCUT2D eigenvalue weighted by molar-refractivity contribution is 5.26. The van der Waals surface area contributed by atoms with Gasteiger partial charge in [-0.2, -0.15) is 4.89 Å². The van der Waals surface area contributed by atoms with E-state index in [-0.39, 0.29) is 26.4 Å². The van der Waals surface area contributed by atoms with E-state index < -0.39 is 12.2 Å². The molecular formula is C30H54O6.